The van der Waals surface area contributed by atoms with Crippen LogP contribution in [0.1, 0.15) is 32.1 Å². The van der Waals surface area contributed by atoms with Crippen molar-refractivity contribution in [1.29, 1.82) is 0 Å². The van der Waals surface area contributed by atoms with E-state index in [9.17, 15) is 14.4 Å². The normalized spacial score (nSPS) is 19.2. The van der Waals surface area contributed by atoms with Crippen LogP contribution in [0.4, 0.5) is 4.79 Å². The Hall–Kier alpha value is -1.79. The molecule has 2 fully saturated rings. The standard InChI is InChI=1S/C14H23N3O4/c1-16(9-12(18)17-6-2-3-7-17)14(21)15-11(8-13(19)20)10-4-5-10/h10-11H,2-9H2,1H3,(H,15,21)(H,19,20). The zero-order valence-electron chi connectivity index (χ0n) is 12.4. The summed E-state index contributed by atoms with van der Waals surface area (Å²) in [4.78, 5) is 38.0. The maximum Gasteiger partial charge on any atom is 0.317 e. The molecule has 1 saturated carbocycles. The SMILES string of the molecule is CN(CC(=O)N1CCCC1)C(=O)NC(CC(=O)O)C1CC1. The third-order valence-electron chi connectivity index (χ3n) is 4.07. The molecule has 0 aromatic carbocycles. The molecule has 0 spiro atoms. The van der Waals surface area contributed by atoms with Gasteiger partial charge in [0.2, 0.25) is 5.91 Å². The summed E-state index contributed by atoms with van der Waals surface area (Å²) in [5.41, 5.74) is 0. The predicted octanol–water partition coefficient (Wildman–Crippen LogP) is 0.504. The maximum absolute atomic E-state index is 12.1. The first-order valence-corrected chi connectivity index (χ1v) is 7.48. The Balaban J connectivity index is 1.80. The molecule has 1 heterocycles. The summed E-state index contributed by atoms with van der Waals surface area (Å²) < 4.78 is 0. The Morgan fingerprint density at radius 3 is 2.43 bits per heavy atom. The zero-order valence-corrected chi connectivity index (χ0v) is 12.4. The van der Waals surface area contributed by atoms with Crippen molar-refractivity contribution >= 4 is 17.9 Å². The Morgan fingerprint density at radius 2 is 1.90 bits per heavy atom. The molecule has 2 aliphatic rings. The number of amides is 3. The number of nitrogens with zero attached hydrogens (tertiary/aromatic N) is 2. The molecule has 0 bridgehead atoms. The van der Waals surface area contributed by atoms with Gasteiger partial charge in [-0.1, -0.05) is 0 Å². The number of carbonyl (C=O) groups excluding carboxylic acids is 2. The minimum absolute atomic E-state index is 0.0380. The minimum atomic E-state index is -0.914. The molecule has 1 aliphatic heterocycles. The number of carboxylic acid groups (broad SMARTS) is 1. The molecule has 3 amide bonds. The number of nitrogens with one attached hydrogen (secondary N) is 1. The average molecular weight is 297 g/mol. The van der Waals surface area contributed by atoms with Gasteiger partial charge < -0.3 is 20.2 Å². The molecule has 7 heteroatoms. The highest BCUT2D eigenvalue weighted by Crippen LogP contribution is 2.34. The first-order chi connectivity index (χ1) is 9.97. The summed E-state index contributed by atoms with van der Waals surface area (Å²) in [5.74, 6) is -0.706. The van der Waals surface area contributed by atoms with E-state index in [1.807, 2.05) is 0 Å². The Bertz CT molecular complexity index is 416. The molecule has 0 aromatic rings. The van der Waals surface area contributed by atoms with Gasteiger partial charge in [0, 0.05) is 26.2 Å². The van der Waals surface area contributed by atoms with Crippen LogP contribution in [-0.2, 0) is 9.59 Å². The van der Waals surface area contributed by atoms with Crippen molar-refractivity contribution < 1.29 is 19.5 Å². The van der Waals surface area contributed by atoms with E-state index >= 15 is 0 Å². The van der Waals surface area contributed by atoms with Crippen LogP contribution in [0, 0.1) is 5.92 Å². The molecule has 118 valence electrons. The molecule has 1 unspecified atom stereocenters. The Kier molecular flexibility index (Phi) is 5.03. The third kappa shape index (κ3) is 4.61. The van der Waals surface area contributed by atoms with Gasteiger partial charge in [-0.2, -0.15) is 0 Å². The van der Waals surface area contributed by atoms with Gasteiger partial charge in [-0.3, -0.25) is 9.59 Å². The van der Waals surface area contributed by atoms with Crippen molar-refractivity contribution in [3.63, 3.8) is 0 Å². The van der Waals surface area contributed by atoms with Crippen LogP contribution < -0.4 is 5.32 Å². The van der Waals surface area contributed by atoms with Crippen LogP contribution in [0.5, 0.6) is 0 Å². The lowest BCUT2D eigenvalue weighted by molar-refractivity contribution is -0.137. The van der Waals surface area contributed by atoms with E-state index in [1.165, 1.54) is 4.90 Å². The molecule has 1 atom stereocenters. The van der Waals surface area contributed by atoms with Gasteiger partial charge in [-0.05, 0) is 31.6 Å². The smallest absolute Gasteiger partial charge is 0.317 e. The van der Waals surface area contributed by atoms with E-state index in [0.29, 0.717) is 0 Å². The topological polar surface area (TPSA) is 90.0 Å². The van der Waals surface area contributed by atoms with Crippen LogP contribution in [-0.4, -0.2) is 65.5 Å². The molecular weight excluding hydrogens is 274 g/mol. The van der Waals surface area contributed by atoms with E-state index in [0.717, 1.165) is 38.8 Å². The van der Waals surface area contributed by atoms with Crippen LogP contribution in [0.2, 0.25) is 0 Å². The van der Waals surface area contributed by atoms with E-state index < -0.39 is 5.97 Å². The van der Waals surface area contributed by atoms with Crippen molar-refractivity contribution in [1.82, 2.24) is 15.1 Å². The highest BCUT2D eigenvalue weighted by Gasteiger charge is 2.34. The van der Waals surface area contributed by atoms with Crippen LogP contribution in [0.25, 0.3) is 0 Å². The average Bonchev–Trinajstić information content (AvgIpc) is 3.11. The van der Waals surface area contributed by atoms with E-state index in [2.05, 4.69) is 5.32 Å². The lowest BCUT2D eigenvalue weighted by Gasteiger charge is -2.24. The Morgan fingerprint density at radius 1 is 1.29 bits per heavy atom. The molecule has 1 aliphatic carbocycles. The number of carbonyl (C=O) groups is 3. The maximum atomic E-state index is 12.1. The summed E-state index contributed by atoms with van der Waals surface area (Å²) in [7, 11) is 1.56. The number of hydrogen-bond donors (Lipinski definition) is 2. The number of likely N-dealkylation sites (N-methyl/N-ethyl adjacent to an activating group) is 1. The number of urea groups is 1. The zero-order chi connectivity index (χ0) is 15.4. The van der Waals surface area contributed by atoms with Crippen LogP contribution >= 0.6 is 0 Å². The summed E-state index contributed by atoms with van der Waals surface area (Å²) in [6.07, 6.45) is 3.88. The summed E-state index contributed by atoms with van der Waals surface area (Å²) in [6.45, 7) is 1.56. The van der Waals surface area contributed by atoms with Gasteiger partial charge in [0.05, 0.1) is 6.42 Å². The van der Waals surface area contributed by atoms with Crippen LogP contribution in [0.3, 0.4) is 0 Å². The van der Waals surface area contributed by atoms with E-state index in [-0.39, 0.29) is 36.9 Å². The highest BCUT2D eigenvalue weighted by molar-refractivity contribution is 5.84. The van der Waals surface area contributed by atoms with Crippen LogP contribution in [0.15, 0.2) is 0 Å². The van der Waals surface area contributed by atoms with Gasteiger partial charge >= 0.3 is 12.0 Å². The Labute approximate surface area is 124 Å². The summed E-state index contributed by atoms with van der Waals surface area (Å²) in [6, 6.07) is -0.708. The second-order valence-electron chi connectivity index (χ2n) is 5.94. The molecule has 21 heavy (non-hydrogen) atoms. The number of carboxylic acids is 1. The van der Waals surface area contributed by atoms with Gasteiger partial charge in [-0.25, -0.2) is 4.79 Å². The highest BCUT2D eigenvalue weighted by atomic mass is 16.4. The molecule has 2 N–H and O–H groups in total. The number of hydrogen-bond acceptors (Lipinski definition) is 3. The van der Waals surface area contributed by atoms with Crippen molar-refractivity contribution in [2.24, 2.45) is 5.92 Å². The quantitative estimate of drug-likeness (QED) is 0.747. The van der Waals surface area contributed by atoms with E-state index in [4.69, 9.17) is 5.11 Å². The second-order valence-corrected chi connectivity index (χ2v) is 5.94. The second kappa shape index (κ2) is 6.78. The number of rotatable bonds is 6. The van der Waals surface area contributed by atoms with Gasteiger partial charge in [0.25, 0.3) is 0 Å². The van der Waals surface area contributed by atoms with Gasteiger partial charge in [0.15, 0.2) is 0 Å². The molecular formula is C14H23N3O4. The lowest BCUT2D eigenvalue weighted by Crippen LogP contribution is -2.48. The number of likely N-dealkylation sites (tertiary alicyclic amines) is 1. The van der Waals surface area contributed by atoms with Crippen molar-refractivity contribution in [3.05, 3.63) is 0 Å². The fourth-order valence-corrected chi connectivity index (χ4v) is 2.63. The van der Waals surface area contributed by atoms with Gasteiger partial charge in [0.1, 0.15) is 6.54 Å². The first-order valence-electron chi connectivity index (χ1n) is 7.48. The summed E-state index contributed by atoms with van der Waals surface area (Å²) >= 11 is 0. The van der Waals surface area contributed by atoms with E-state index in [1.54, 1.807) is 11.9 Å². The molecule has 1 saturated heterocycles. The predicted molar refractivity (Wildman–Crippen MR) is 75.7 cm³/mol. The fraction of sp³-hybridized carbons (Fsp3) is 0.786. The van der Waals surface area contributed by atoms with Gasteiger partial charge in [-0.15, -0.1) is 0 Å². The molecule has 7 nitrogen and oxygen atoms in total. The lowest BCUT2D eigenvalue weighted by atomic mass is 10.1. The third-order valence-corrected chi connectivity index (χ3v) is 4.07. The minimum Gasteiger partial charge on any atom is -0.481 e. The molecule has 2 rings (SSSR count). The molecule has 0 aromatic heterocycles. The monoisotopic (exact) mass is 297 g/mol. The summed E-state index contributed by atoms with van der Waals surface area (Å²) in [5, 5.41) is 11.6. The fourth-order valence-electron chi connectivity index (χ4n) is 2.63. The number of aliphatic carboxylic acids is 1. The van der Waals surface area contributed by atoms with Crippen molar-refractivity contribution in [2.75, 3.05) is 26.7 Å². The van der Waals surface area contributed by atoms with Crippen molar-refractivity contribution in [3.8, 4) is 0 Å². The first kappa shape index (κ1) is 15.6. The molecule has 0 radical (unpaired) electrons. The largest absolute Gasteiger partial charge is 0.481 e. The van der Waals surface area contributed by atoms with Crippen molar-refractivity contribution in [2.45, 2.75) is 38.1 Å².